The fraction of sp³-hybridized carbons (Fsp3) is 0.556. The summed E-state index contributed by atoms with van der Waals surface area (Å²) < 4.78 is 1.88. The van der Waals surface area contributed by atoms with Gasteiger partial charge in [-0.2, -0.15) is 0 Å². The van der Waals surface area contributed by atoms with Crippen LogP contribution in [0.5, 0.6) is 0 Å². The number of nitrogens with one attached hydrogen (secondary N) is 2. The van der Waals surface area contributed by atoms with Crippen LogP contribution in [0.25, 0.3) is 11.0 Å². The average molecular weight is 365 g/mol. The second kappa shape index (κ2) is 7.22. The molecule has 2 aromatic rings. The normalized spacial score (nSPS) is 21.5. The fourth-order valence-electron chi connectivity index (χ4n) is 4.10. The molecular weight excluding hydrogens is 340 g/mol. The Labute approximate surface area is 153 Å². The minimum absolute atomic E-state index is 0. The molecule has 1 saturated heterocycles. The summed E-state index contributed by atoms with van der Waals surface area (Å²) in [6.07, 6.45) is 4.49. The van der Waals surface area contributed by atoms with Crippen molar-refractivity contribution < 1.29 is 4.79 Å². The third-order valence-corrected chi connectivity index (χ3v) is 5.42. The fourth-order valence-corrected chi connectivity index (χ4v) is 4.10. The highest BCUT2D eigenvalue weighted by atomic mass is 35.5. The van der Waals surface area contributed by atoms with Gasteiger partial charge in [0.05, 0.1) is 11.0 Å². The quantitative estimate of drug-likeness (QED) is 0.859. The number of hydrogen-bond acceptors (Lipinski definition) is 3. The number of H-pyrrole nitrogens is 1. The lowest BCUT2D eigenvalue weighted by atomic mass is 10.1. The Bertz CT molecular complexity index is 822. The molecule has 1 amide bonds. The number of rotatable bonds is 2. The summed E-state index contributed by atoms with van der Waals surface area (Å²) in [6.45, 7) is 4.43. The van der Waals surface area contributed by atoms with Crippen LogP contribution in [-0.2, 0) is 0 Å². The molecular formula is C18H25ClN4O2. The highest BCUT2D eigenvalue weighted by Gasteiger charge is 2.25. The molecule has 0 bridgehead atoms. The first-order chi connectivity index (χ1) is 11.6. The van der Waals surface area contributed by atoms with Crippen molar-refractivity contribution in [2.24, 2.45) is 0 Å². The van der Waals surface area contributed by atoms with E-state index in [1.165, 1.54) is 12.8 Å². The number of carbonyl (C=O) groups is 1. The Morgan fingerprint density at radius 1 is 1.24 bits per heavy atom. The SMILES string of the molecule is C[C@H]1CNCCN1C(=O)c1ccc2c(c1)[nH]c(=O)n2C1CCCC1.Cl. The van der Waals surface area contributed by atoms with Crippen LogP contribution in [0.1, 0.15) is 49.0 Å². The summed E-state index contributed by atoms with van der Waals surface area (Å²) in [5.41, 5.74) is 2.27. The van der Waals surface area contributed by atoms with Gasteiger partial charge in [-0.3, -0.25) is 9.36 Å². The van der Waals surface area contributed by atoms with Gasteiger partial charge in [-0.15, -0.1) is 12.4 Å². The third-order valence-electron chi connectivity index (χ3n) is 5.42. The third kappa shape index (κ3) is 3.20. The molecule has 2 fully saturated rings. The van der Waals surface area contributed by atoms with Crippen LogP contribution < -0.4 is 11.0 Å². The van der Waals surface area contributed by atoms with E-state index in [0.717, 1.165) is 43.5 Å². The van der Waals surface area contributed by atoms with E-state index in [2.05, 4.69) is 17.2 Å². The van der Waals surface area contributed by atoms with Gasteiger partial charge in [-0.25, -0.2) is 4.79 Å². The molecule has 0 unspecified atom stereocenters. The van der Waals surface area contributed by atoms with Gasteiger partial charge in [0.1, 0.15) is 0 Å². The second-order valence-corrected chi connectivity index (χ2v) is 7.02. The zero-order valence-corrected chi connectivity index (χ0v) is 15.3. The summed E-state index contributed by atoms with van der Waals surface area (Å²) in [6, 6.07) is 6.09. The monoisotopic (exact) mass is 364 g/mol. The standard InChI is InChI=1S/C18H24N4O2.ClH/c1-12-11-19-8-9-21(12)17(23)13-6-7-16-15(10-13)20-18(24)22(16)14-4-2-3-5-14;/h6-7,10,12,14,19H,2-5,8-9,11H2,1H3,(H,20,24);1H/t12-;/m0./s1. The number of benzene rings is 1. The zero-order valence-electron chi connectivity index (χ0n) is 14.5. The van der Waals surface area contributed by atoms with Crippen molar-refractivity contribution in [2.45, 2.75) is 44.7 Å². The topological polar surface area (TPSA) is 70.1 Å². The largest absolute Gasteiger partial charge is 0.333 e. The average Bonchev–Trinajstić information content (AvgIpc) is 3.20. The van der Waals surface area contributed by atoms with Gasteiger partial charge in [0.2, 0.25) is 0 Å². The van der Waals surface area contributed by atoms with E-state index in [1.54, 1.807) is 0 Å². The molecule has 2 heterocycles. The summed E-state index contributed by atoms with van der Waals surface area (Å²) in [5, 5.41) is 3.30. The predicted octanol–water partition coefficient (Wildman–Crippen LogP) is 2.30. The highest BCUT2D eigenvalue weighted by Crippen LogP contribution is 2.30. The number of imidazole rings is 1. The molecule has 1 aliphatic carbocycles. The first-order valence-electron chi connectivity index (χ1n) is 8.91. The molecule has 2 N–H and O–H groups in total. The molecule has 1 aromatic heterocycles. The molecule has 4 rings (SSSR count). The lowest BCUT2D eigenvalue weighted by Crippen LogP contribution is -2.52. The lowest BCUT2D eigenvalue weighted by Gasteiger charge is -2.34. The van der Waals surface area contributed by atoms with Crippen molar-refractivity contribution in [1.29, 1.82) is 0 Å². The number of aromatic amines is 1. The zero-order chi connectivity index (χ0) is 16.7. The molecule has 1 atom stereocenters. The number of piperazine rings is 1. The Morgan fingerprint density at radius 2 is 2.00 bits per heavy atom. The van der Waals surface area contributed by atoms with E-state index in [4.69, 9.17) is 0 Å². The number of carbonyl (C=O) groups excluding carboxylic acids is 1. The van der Waals surface area contributed by atoms with Crippen molar-refractivity contribution in [3.8, 4) is 0 Å². The van der Waals surface area contributed by atoms with Crippen LogP contribution in [0, 0.1) is 0 Å². The maximum Gasteiger partial charge on any atom is 0.326 e. The predicted molar refractivity (Wildman–Crippen MR) is 101 cm³/mol. The van der Waals surface area contributed by atoms with Gasteiger partial charge in [-0.05, 0) is 38.0 Å². The van der Waals surface area contributed by atoms with E-state index >= 15 is 0 Å². The number of nitrogens with zero attached hydrogens (tertiary/aromatic N) is 2. The summed E-state index contributed by atoms with van der Waals surface area (Å²) in [7, 11) is 0. The minimum Gasteiger partial charge on any atom is -0.333 e. The molecule has 7 heteroatoms. The van der Waals surface area contributed by atoms with E-state index < -0.39 is 0 Å². The maximum absolute atomic E-state index is 12.8. The second-order valence-electron chi connectivity index (χ2n) is 7.02. The van der Waals surface area contributed by atoms with Gasteiger partial charge in [0.25, 0.3) is 5.91 Å². The number of amides is 1. The molecule has 0 spiro atoms. The first-order valence-corrected chi connectivity index (χ1v) is 8.91. The summed E-state index contributed by atoms with van der Waals surface area (Å²) in [4.78, 5) is 30.0. The Hall–Kier alpha value is -1.79. The molecule has 25 heavy (non-hydrogen) atoms. The lowest BCUT2D eigenvalue weighted by molar-refractivity contribution is 0.0656. The van der Waals surface area contributed by atoms with Gasteiger partial charge in [-0.1, -0.05) is 12.8 Å². The summed E-state index contributed by atoms with van der Waals surface area (Å²) >= 11 is 0. The van der Waals surface area contributed by atoms with Crippen LogP contribution in [0.2, 0.25) is 0 Å². The number of fused-ring (bicyclic) bond motifs is 1. The number of aromatic nitrogens is 2. The van der Waals surface area contributed by atoms with Gasteiger partial charge >= 0.3 is 5.69 Å². The van der Waals surface area contributed by atoms with Crippen molar-refractivity contribution in [3.05, 3.63) is 34.2 Å². The van der Waals surface area contributed by atoms with E-state index in [9.17, 15) is 9.59 Å². The molecule has 1 aliphatic heterocycles. The molecule has 136 valence electrons. The van der Waals surface area contributed by atoms with Gasteiger partial charge < -0.3 is 15.2 Å². The highest BCUT2D eigenvalue weighted by molar-refractivity contribution is 5.97. The molecule has 0 radical (unpaired) electrons. The van der Waals surface area contributed by atoms with Crippen LogP contribution >= 0.6 is 12.4 Å². The molecule has 2 aliphatic rings. The van der Waals surface area contributed by atoms with E-state index in [1.807, 2.05) is 27.7 Å². The van der Waals surface area contributed by atoms with Crippen LogP contribution in [0.15, 0.2) is 23.0 Å². The van der Waals surface area contributed by atoms with Crippen molar-refractivity contribution >= 4 is 29.3 Å². The van der Waals surface area contributed by atoms with Crippen LogP contribution in [0.4, 0.5) is 0 Å². The van der Waals surface area contributed by atoms with Crippen molar-refractivity contribution in [1.82, 2.24) is 19.8 Å². The van der Waals surface area contributed by atoms with Crippen LogP contribution in [0.3, 0.4) is 0 Å². The maximum atomic E-state index is 12.8. The van der Waals surface area contributed by atoms with Crippen molar-refractivity contribution in [3.63, 3.8) is 0 Å². The van der Waals surface area contributed by atoms with Crippen molar-refractivity contribution in [2.75, 3.05) is 19.6 Å². The Balaban J connectivity index is 0.00000182. The number of halogens is 1. The Morgan fingerprint density at radius 3 is 2.72 bits per heavy atom. The smallest absolute Gasteiger partial charge is 0.326 e. The van der Waals surface area contributed by atoms with Gasteiger partial charge in [0, 0.05) is 37.3 Å². The van der Waals surface area contributed by atoms with Gasteiger partial charge in [0.15, 0.2) is 0 Å². The molecule has 6 nitrogen and oxygen atoms in total. The van der Waals surface area contributed by atoms with E-state index in [-0.39, 0.29) is 30.0 Å². The summed E-state index contributed by atoms with van der Waals surface area (Å²) in [5.74, 6) is 0.0420. The van der Waals surface area contributed by atoms with Crippen LogP contribution in [-0.4, -0.2) is 46.0 Å². The Kier molecular flexibility index (Phi) is 5.20. The minimum atomic E-state index is -0.0583. The number of hydrogen-bond donors (Lipinski definition) is 2. The molecule has 1 aromatic carbocycles. The van der Waals surface area contributed by atoms with E-state index in [0.29, 0.717) is 11.6 Å². The molecule has 1 saturated carbocycles. The first kappa shape index (κ1) is 18.0.